The van der Waals surface area contributed by atoms with Crippen molar-refractivity contribution < 1.29 is 9.84 Å². The van der Waals surface area contributed by atoms with Crippen LogP contribution in [-0.4, -0.2) is 36.5 Å². The molecule has 4 heteroatoms. The fourth-order valence-corrected chi connectivity index (χ4v) is 3.14. The summed E-state index contributed by atoms with van der Waals surface area (Å²) in [5.74, 6) is 0. The minimum absolute atomic E-state index is 0.0854. The van der Waals surface area contributed by atoms with Gasteiger partial charge in [-0.25, -0.2) is 0 Å². The second-order valence-electron chi connectivity index (χ2n) is 5.95. The van der Waals surface area contributed by atoms with Crippen LogP contribution in [0.2, 0.25) is 0 Å². The Bertz CT molecular complexity index is 478. The molecule has 20 heavy (non-hydrogen) atoms. The van der Waals surface area contributed by atoms with Gasteiger partial charge in [0.15, 0.2) is 0 Å². The van der Waals surface area contributed by atoms with E-state index in [1.54, 1.807) is 0 Å². The van der Waals surface area contributed by atoms with Crippen molar-refractivity contribution in [1.29, 1.82) is 0 Å². The molecule has 0 aromatic heterocycles. The van der Waals surface area contributed by atoms with E-state index in [4.69, 9.17) is 4.74 Å². The monoisotopic (exact) mass is 276 g/mol. The molecule has 4 nitrogen and oxygen atoms in total. The smallest absolute Gasteiger partial charge is 0.105 e. The average Bonchev–Trinajstić information content (AvgIpc) is 2.79. The molecule has 0 saturated carbocycles. The number of ether oxygens (including phenoxy) is 1. The lowest BCUT2D eigenvalue weighted by Crippen LogP contribution is -2.45. The van der Waals surface area contributed by atoms with Gasteiger partial charge in [0.2, 0.25) is 0 Å². The fraction of sp³-hybridized carbons (Fsp3) is 0.625. The first-order chi connectivity index (χ1) is 9.69. The van der Waals surface area contributed by atoms with Gasteiger partial charge in [-0.05, 0) is 30.9 Å². The minimum atomic E-state index is -0.720. The zero-order chi connectivity index (χ0) is 14.0. The van der Waals surface area contributed by atoms with Gasteiger partial charge < -0.3 is 20.5 Å². The Hall–Kier alpha value is -1.10. The topological polar surface area (TPSA) is 53.5 Å². The van der Waals surface area contributed by atoms with Gasteiger partial charge in [-0.1, -0.05) is 18.2 Å². The van der Waals surface area contributed by atoms with Crippen LogP contribution < -0.4 is 10.6 Å². The molecule has 0 aliphatic carbocycles. The maximum atomic E-state index is 10.5. The zero-order valence-electron chi connectivity index (χ0n) is 12.1. The SMILES string of the molecule is CC1OCCC1(O)CNCc1cccc2c1NCCC2. The maximum Gasteiger partial charge on any atom is 0.105 e. The van der Waals surface area contributed by atoms with Crippen molar-refractivity contribution in [3.05, 3.63) is 29.3 Å². The van der Waals surface area contributed by atoms with Crippen molar-refractivity contribution in [2.45, 2.75) is 44.4 Å². The quantitative estimate of drug-likeness (QED) is 0.783. The second kappa shape index (κ2) is 5.72. The van der Waals surface area contributed by atoms with Crippen LogP contribution in [0, 0.1) is 0 Å². The van der Waals surface area contributed by atoms with Gasteiger partial charge in [0.1, 0.15) is 5.60 Å². The predicted molar refractivity (Wildman–Crippen MR) is 79.9 cm³/mol. The lowest BCUT2D eigenvalue weighted by molar-refractivity contribution is -0.0262. The van der Waals surface area contributed by atoms with Crippen LogP contribution in [0.4, 0.5) is 5.69 Å². The number of para-hydroxylation sites is 1. The number of nitrogens with one attached hydrogen (secondary N) is 2. The summed E-state index contributed by atoms with van der Waals surface area (Å²) in [6.07, 6.45) is 2.99. The number of aryl methyl sites for hydroxylation is 1. The van der Waals surface area contributed by atoms with Crippen LogP contribution in [0.25, 0.3) is 0 Å². The van der Waals surface area contributed by atoms with Crippen LogP contribution in [0.1, 0.15) is 30.9 Å². The van der Waals surface area contributed by atoms with Gasteiger partial charge in [0.05, 0.1) is 6.10 Å². The summed E-state index contributed by atoms with van der Waals surface area (Å²) in [6, 6.07) is 6.48. The molecule has 2 heterocycles. The summed E-state index contributed by atoms with van der Waals surface area (Å²) < 4.78 is 5.46. The Balaban J connectivity index is 1.62. The second-order valence-corrected chi connectivity index (χ2v) is 5.95. The van der Waals surface area contributed by atoms with Gasteiger partial charge in [0, 0.05) is 38.3 Å². The van der Waals surface area contributed by atoms with Gasteiger partial charge in [-0.2, -0.15) is 0 Å². The highest BCUT2D eigenvalue weighted by atomic mass is 16.5. The van der Waals surface area contributed by atoms with Crippen molar-refractivity contribution in [3.63, 3.8) is 0 Å². The van der Waals surface area contributed by atoms with Crippen molar-refractivity contribution in [2.75, 3.05) is 25.0 Å². The largest absolute Gasteiger partial charge is 0.386 e. The summed E-state index contributed by atoms with van der Waals surface area (Å²) in [7, 11) is 0. The van der Waals surface area contributed by atoms with Crippen LogP contribution in [-0.2, 0) is 17.7 Å². The molecule has 1 aromatic carbocycles. The molecule has 0 spiro atoms. The molecule has 0 amide bonds. The van der Waals surface area contributed by atoms with Crippen LogP contribution in [0.15, 0.2) is 18.2 Å². The van der Waals surface area contributed by atoms with Gasteiger partial charge in [-0.3, -0.25) is 0 Å². The fourth-order valence-electron chi connectivity index (χ4n) is 3.14. The summed E-state index contributed by atoms with van der Waals surface area (Å²) in [5, 5.41) is 17.4. The molecule has 1 saturated heterocycles. The standard InChI is InChI=1S/C16H24N2O2/c1-12-16(19,7-9-20-12)11-17-10-14-5-2-4-13-6-3-8-18-15(13)14/h2,4-5,12,17-19H,3,6-11H2,1H3. The highest BCUT2D eigenvalue weighted by Gasteiger charge is 2.38. The molecule has 1 aromatic rings. The van der Waals surface area contributed by atoms with Crippen molar-refractivity contribution in [1.82, 2.24) is 5.32 Å². The van der Waals surface area contributed by atoms with Crippen molar-refractivity contribution >= 4 is 5.69 Å². The summed E-state index contributed by atoms with van der Waals surface area (Å²) in [6.45, 7) is 5.02. The molecular weight excluding hydrogens is 252 g/mol. The molecule has 3 rings (SSSR count). The molecular formula is C16H24N2O2. The summed E-state index contributed by atoms with van der Waals surface area (Å²) >= 11 is 0. The maximum absolute atomic E-state index is 10.5. The van der Waals surface area contributed by atoms with E-state index >= 15 is 0 Å². The minimum Gasteiger partial charge on any atom is -0.386 e. The third-order valence-electron chi connectivity index (χ3n) is 4.57. The number of rotatable bonds is 4. The number of anilines is 1. The van der Waals surface area contributed by atoms with E-state index in [1.165, 1.54) is 23.2 Å². The predicted octanol–water partition coefficient (Wildman–Crippen LogP) is 1.67. The third-order valence-corrected chi connectivity index (χ3v) is 4.57. The number of benzene rings is 1. The van der Waals surface area contributed by atoms with E-state index in [-0.39, 0.29) is 6.10 Å². The van der Waals surface area contributed by atoms with Gasteiger partial charge in [0.25, 0.3) is 0 Å². The first-order valence-electron chi connectivity index (χ1n) is 7.58. The number of fused-ring (bicyclic) bond motifs is 1. The van der Waals surface area contributed by atoms with Gasteiger partial charge >= 0.3 is 0 Å². The van der Waals surface area contributed by atoms with Crippen molar-refractivity contribution in [2.24, 2.45) is 0 Å². The molecule has 110 valence electrons. The average molecular weight is 276 g/mol. The van der Waals surface area contributed by atoms with Gasteiger partial charge in [-0.15, -0.1) is 0 Å². The zero-order valence-corrected chi connectivity index (χ0v) is 12.1. The van der Waals surface area contributed by atoms with E-state index in [0.29, 0.717) is 19.6 Å². The third kappa shape index (κ3) is 2.68. The van der Waals surface area contributed by atoms with E-state index in [9.17, 15) is 5.11 Å². The molecule has 1 fully saturated rings. The first kappa shape index (κ1) is 13.9. The molecule has 0 bridgehead atoms. The lowest BCUT2D eigenvalue weighted by Gasteiger charge is -2.27. The van der Waals surface area contributed by atoms with E-state index in [0.717, 1.165) is 19.5 Å². The number of hydrogen-bond acceptors (Lipinski definition) is 4. The number of hydrogen-bond donors (Lipinski definition) is 3. The Morgan fingerprint density at radius 1 is 1.50 bits per heavy atom. The molecule has 0 radical (unpaired) electrons. The molecule has 2 aliphatic heterocycles. The highest BCUT2D eigenvalue weighted by Crippen LogP contribution is 2.27. The summed E-state index contributed by atoms with van der Waals surface area (Å²) in [4.78, 5) is 0. The Morgan fingerprint density at radius 3 is 3.20 bits per heavy atom. The van der Waals surface area contributed by atoms with E-state index < -0.39 is 5.60 Å². The molecule has 2 unspecified atom stereocenters. The Morgan fingerprint density at radius 2 is 2.40 bits per heavy atom. The highest BCUT2D eigenvalue weighted by molar-refractivity contribution is 5.59. The Labute approximate surface area is 120 Å². The summed E-state index contributed by atoms with van der Waals surface area (Å²) in [5.41, 5.74) is 3.26. The molecule has 2 atom stereocenters. The Kier molecular flexibility index (Phi) is 3.96. The van der Waals surface area contributed by atoms with Crippen LogP contribution >= 0.6 is 0 Å². The number of aliphatic hydroxyl groups is 1. The van der Waals surface area contributed by atoms with Crippen molar-refractivity contribution in [3.8, 4) is 0 Å². The normalized spacial score (nSPS) is 29.0. The lowest BCUT2D eigenvalue weighted by atomic mass is 9.96. The van der Waals surface area contributed by atoms with E-state index in [2.05, 4.69) is 28.8 Å². The van der Waals surface area contributed by atoms with Crippen LogP contribution in [0.3, 0.4) is 0 Å². The van der Waals surface area contributed by atoms with Crippen LogP contribution in [0.5, 0.6) is 0 Å². The molecule has 3 N–H and O–H groups in total. The molecule has 2 aliphatic rings. The first-order valence-corrected chi connectivity index (χ1v) is 7.58. The van der Waals surface area contributed by atoms with E-state index in [1.807, 2.05) is 6.92 Å².